The van der Waals surface area contributed by atoms with Gasteiger partial charge in [0.05, 0.1) is 5.52 Å². The van der Waals surface area contributed by atoms with Gasteiger partial charge in [0.15, 0.2) is 0 Å². The molecular formula is C27H34N4O. The molecule has 5 heteroatoms. The Balaban J connectivity index is 1.73. The van der Waals surface area contributed by atoms with Crippen LogP contribution in [-0.4, -0.2) is 39.5 Å². The molecule has 1 amide bonds. The molecule has 0 aliphatic heterocycles. The summed E-state index contributed by atoms with van der Waals surface area (Å²) in [7, 11) is 1.96. The minimum atomic E-state index is 0.138. The third-order valence-electron chi connectivity index (χ3n) is 6.68. The van der Waals surface area contributed by atoms with Crippen LogP contribution in [0.15, 0.2) is 66.6 Å². The molecule has 4 rings (SSSR count). The van der Waals surface area contributed by atoms with E-state index in [0.717, 1.165) is 54.4 Å². The van der Waals surface area contributed by atoms with Crippen molar-refractivity contribution in [2.45, 2.75) is 64.5 Å². The number of amides is 1. The Labute approximate surface area is 191 Å². The lowest BCUT2D eigenvalue weighted by Crippen LogP contribution is -2.46. The normalized spacial score (nSPS) is 19.0. The predicted molar refractivity (Wildman–Crippen MR) is 131 cm³/mol. The van der Waals surface area contributed by atoms with Gasteiger partial charge in [0, 0.05) is 42.5 Å². The minimum Gasteiger partial charge on any atom is -0.394 e. The van der Waals surface area contributed by atoms with Crippen LogP contribution in [0.4, 0.5) is 0 Å². The van der Waals surface area contributed by atoms with Gasteiger partial charge in [-0.1, -0.05) is 31.1 Å². The summed E-state index contributed by atoms with van der Waals surface area (Å²) in [4.78, 5) is 20.7. The molecule has 1 aliphatic rings. The second-order valence-electron chi connectivity index (χ2n) is 8.78. The van der Waals surface area contributed by atoms with Crippen LogP contribution in [0.1, 0.15) is 62.7 Å². The minimum absolute atomic E-state index is 0.138. The maximum Gasteiger partial charge on any atom is 0.255 e. The van der Waals surface area contributed by atoms with Gasteiger partial charge >= 0.3 is 0 Å². The quantitative estimate of drug-likeness (QED) is 0.510. The monoisotopic (exact) mass is 430 g/mol. The van der Waals surface area contributed by atoms with Crippen LogP contribution in [0.5, 0.6) is 0 Å². The molecule has 0 spiro atoms. The maximum absolute atomic E-state index is 14.0. The van der Waals surface area contributed by atoms with Crippen molar-refractivity contribution in [3.8, 4) is 5.82 Å². The molecule has 1 fully saturated rings. The lowest BCUT2D eigenvalue weighted by molar-refractivity contribution is 0.0574. The summed E-state index contributed by atoms with van der Waals surface area (Å²) in [6.45, 7) is 4.35. The number of fused-ring (bicyclic) bond motifs is 1. The predicted octanol–water partition coefficient (Wildman–Crippen LogP) is 5.70. The van der Waals surface area contributed by atoms with Crippen LogP contribution in [0.2, 0.25) is 0 Å². The molecule has 5 nitrogen and oxygen atoms in total. The van der Waals surface area contributed by atoms with Crippen LogP contribution < -0.4 is 5.32 Å². The van der Waals surface area contributed by atoms with Crippen molar-refractivity contribution in [3.63, 3.8) is 0 Å². The number of aromatic nitrogens is 2. The van der Waals surface area contributed by atoms with Crippen molar-refractivity contribution in [2.24, 2.45) is 0 Å². The summed E-state index contributed by atoms with van der Waals surface area (Å²) in [6, 6.07) is 14.4. The van der Waals surface area contributed by atoms with Gasteiger partial charge in [-0.3, -0.25) is 4.79 Å². The number of hydrogen-bond acceptors (Lipinski definition) is 3. The van der Waals surface area contributed by atoms with E-state index in [0.29, 0.717) is 0 Å². The van der Waals surface area contributed by atoms with Gasteiger partial charge in [0.2, 0.25) is 0 Å². The maximum atomic E-state index is 14.0. The molecule has 1 aromatic carbocycles. The highest BCUT2D eigenvalue weighted by Crippen LogP contribution is 2.31. The first kappa shape index (κ1) is 22.1. The van der Waals surface area contributed by atoms with E-state index >= 15 is 0 Å². The number of carbonyl (C=O) groups is 1. The molecule has 1 aliphatic carbocycles. The van der Waals surface area contributed by atoms with E-state index in [9.17, 15) is 4.79 Å². The van der Waals surface area contributed by atoms with Crippen molar-refractivity contribution in [1.82, 2.24) is 19.8 Å². The molecule has 3 aromatic rings. The number of carbonyl (C=O) groups excluding carboxylic acids is 1. The summed E-state index contributed by atoms with van der Waals surface area (Å²) in [5, 5.41) is 4.18. The van der Waals surface area contributed by atoms with E-state index in [1.165, 1.54) is 12.0 Å². The summed E-state index contributed by atoms with van der Waals surface area (Å²) in [5.41, 5.74) is 3.20. The second kappa shape index (κ2) is 10.0. The Bertz CT molecular complexity index is 1090. The summed E-state index contributed by atoms with van der Waals surface area (Å²) in [5.74, 6) is 0.996. The average molecular weight is 431 g/mol. The van der Waals surface area contributed by atoms with Crippen LogP contribution in [0, 0.1) is 0 Å². The Morgan fingerprint density at radius 1 is 1.25 bits per heavy atom. The van der Waals surface area contributed by atoms with Gasteiger partial charge in [-0.15, -0.1) is 0 Å². The largest absolute Gasteiger partial charge is 0.394 e. The zero-order valence-electron chi connectivity index (χ0n) is 19.4. The van der Waals surface area contributed by atoms with Gasteiger partial charge in [0.25, 0.3) is 5.91 Å². The molecule has 2 heterocycles. The zero-order chi connectivity index (χ0) is 22.5. The first-order valence-electron chi connectivity index (χ1n) is 11.8. The third-order valence-corrected chi connectivity index (χ3v) is 6.68. The van der Waals surface area contributed by atoms with Crippen molar-refractivity contribution >= 4 is 16.8 Å². The third kappa shape index (κ3) is 4.43. The fraction of sp³-hybridized carbons (Fsp3) is 0.407. The Morgan fingerprint density at radius 3 is 2.88 bits per heavy atom. The highest BCUT2D eigenvalue weighted by atomic mass is 16.2. The number of rotatable bonds is 6. The van der Waals surface area contributed by atoms with Crippen molar-refractivity contribution in [3.05, 3.63) is 72.2 Å². The highest BCUT2D eigenvalue weighted by Gasteiger charge is 2.31. The highest BCUT2D eigenvalue weighted by molar-refractivity contribution is 6.07. The molecular weight excluding hydrogens is 396 g/mol. The topological polar surface area (TPSA) is 50.2 Å². The first-order valence-corrected chi connectivity index (χ1v) is 11.8. The summed E-state index contributed by atoms with van der Waals surface area (Å²) in [6.07, 6.45) is 12.3. The Morgan fingerprint density at radius 2 is 2.12 bits per heavy atom. The zero-order valence-corrected chi connectivity index (χ0v) is 19.4. The molecule has 0 bridgehead atoms. The van der Waals surface area contributed by atoms with Gasteiger partial charge in [-0.2, -0.15) is 0 Å². The van der Waals surface area contributed by atoms with Crippen LogP contribution in [0.3, 0.4) is 0 Å². The smallest absolute Gasteiger partial charge is 0.255 e. The number of hydrogen-bond donors (Lipinski definition) is 1. The molecule has 2 atom stereocenters. The van der Waals surface area contributed by atoms with Crippen molar-refractivity contribution < 1.29 is 4.79 Å². The van der Waals surface area contributed by atoms with E-state index < -0.39 is 0 Å². The molecule has 0 radical (unpaired) electrons. The van der Waals surface area contributed by atoms with Gasteiger partial charge in [-0.25, -0.2) is 4.98 Å². The van der Waals surface area contributed by atoms with Gasteiger partial charge < -0.3 is 14.8 Å². The fourth-order valence-corrected chi connectivity index (χ4v) is 4.92. The van der Waals surface area contributed by atoms with Crippen LogP contribution in [0.25, 0.3) is 16.7 Å². The van der Waals surface area contributed by atoms with Crippen molar-refractivity contribution in [1.29, 1.82) is 0 Å². The summed E-state index contributed by atoms with van der Waals surface area (Å²) >= 11 is 0. The van der Waals surface area contributed by atoms with E-state index in [1.54, 1.807) is 6.20 Å². The molecule has 2 aromatic heterocycles. The van der Waals surface area contributed by atoms with Crippen LogP contribution in [-0.2, 0) is 0 Å². The fourth-order valence-electron chi connectivity index (χ4n) is 4.92. The van der Waals surface area contributed by atoms with Crippen LogP contribution >= 0.6 is 0 Å². The number of benzene rings is 1. The number of nitrogens with zero attached hydrogens (tertiary/aromatic N) is 3. The average Bonchev–Trinajstić information content (AvgIpc) is 3.13. The van der Waals surface area contributed by atoms with E-state index in [4.69, 9.17) is 0 Å². The second-order valence-corrected chi connectivity index (χ2v) is 8.78. The van der Waals surface area contributed by atoms with E-state index in [-0.39, 0.29) is 18.0 Å². The molecule has 1 saturated carbocycles. The van der Waals surface area contributed by atoms with E-state index in [1.807, 2.05) is 49.6 Å². The summed E-state index contributed by atoms with van der Waals surface area (Å²) < 4.78 is 2.05. The number of pyridine rings is 1. The lowest BCUT2D eigenvalue weighted by atomic mass is 9.99. The molecule has 168 valence electrons. The molecule has 0 saturated heterocycles. The standard InChI is InChI=1S/C27H34N4O/c1-4-20(2)31(22-11-6-5-10-21(18-22)19-28-3)27(32)24-12-9-13-25-23(24)15-17-30(25)26-14-7-8-16-29-26/h7-9,12-17,19-20,22,28H,4-6,10-11,18H2,1-3H3/b21-19+. The Hall–Kier alpha value is -3.08. The first-order chi connectivity index (χ1) is 15.6. The Kier molecular flexibility index (Phi) is 6.93. The number of nitrogens with one attached hydrogen (secondary N) is 1. The van der Waals surface area contributed by atoms with Gasteiger partial charge in [-0.05, 0) is 75.6 Å². The lowest BCUT2D eigenvalue weighted by Gasteiger charge is -2.36. The van der Waals surface area contributed by atoms with Gasteiger partial charge in [0.1, 0.15) is 5.82 Å². The SMILES string of the molecule is CCC(C)N(C(=O)c1cccc2c1ccn2-c1ccccn1)C1CCCC/C(=C\NC)C1. The molecule has 1 N–H and O–H groups in total. The van der Waals surface area contributed by atoms with Crippen molar-refractivity contribution in [2.75, 3.05) is 7.05 Å². The molecule has 2 unspecified atom stereocenters. The molecule has 32 heavy (non-hydrogen) atoms. The van der Waals surface area contributed by atoms with E-state index in [2.05, 4.69) is 45.9 Å².